The number of amides is 1. The van der Waals surface area contributed by atoms with E-state index in [-0.39, 0.29) is 23.0 Å². The van der Waals surface area contributed by atoms with Crippen molar-refractivity contribution in [2.75, 3.05) is 5.32 Å². The lowest BCUT2D eigenvalue weighted by molar-refractivity contribution is -0.173. The second-order valence-corrected chi connectivity index (χ2v) is 8.52. The van der Waals surface area contributed by atoms with Gasteiger partial charge in [0, 0.05) is 16.8 Å². The van der Waals surface area contributed by atoms with Crippen molar-refractivity contribution >= 4 is 34.7 Å². The summed E-state index contributed by atoms with van der Waals surface area (Å²) in [5.41, 5.74) is -0.786. The molecule has 2 atom stereocenters. The molecule has 2 aromatic rings. The van der Waals surface area contributed by atoms with Crippen LogP contribution in [0.5, 0.6) is 0 Å². The number of alkyl halides is 3. The monoisotopic (exact) mass is 406 g/mol. The van der Waals surface area contributed by atoms with Crippen LogP contribution in [0.3, 0.4) is 0 Å². The molecule has 10 heteroatoms. The summed E-state index contributed by atoms with van der Waals surface area (Å²) in [6.07, 6.45) is -4.74. The van der Waals surface area contributed by atoms with E-state index in [1.165, 1.54) is 11.3 Å². The Labute approximate surface area is 157 Å². The number of halogens is 4. The quantitative estimate of drug-likeness (QED) is 0.754. The van der Waals surface area contributed by atoms with Gasteiger partial charge in [0.2, 0.25) is 0 Å². The second-order valence-electron chi connectivity index (χ2n) is 7.17. The minimum atomic E-state index is -4.51. The van der Waals surface area contributed by atoms with Crippen LogP contribution < -0.4 is 10.6 Å². The summed E-state index contributed by atoms with van der Waals surface area (Å²) in [6, 6.07) is 1.13. The first kappa shape index (κ1) is 19.0. The molecule has 0 unspecified atom stereocenters. The van der Waals surface area contributed by atoms with Gasteiger partial charge in [0.25, 0.3) is 5.91 Å². The fourth-order valence-corrected chi connectivity index (χ4v) is 3.87. The van der Waals surface area contributed by atoms with E-state index in [1.807, 2.05) is 0 Å². The number of carbonyl (C=O) groups is 1. The van der Waals surface area contributed by atoms with Crippen molar-refractivity contribution in [3.63, 3.8) is 0 Å². The molecule has 142 valence electrons. The molecule has 0 fully saturated rings. The predicted octanol–water partition coefficient (Wildman–Crippen LogP) is 4.79. The number of thiophene rings is 1. The Morgan fingerprint density at radius 2 is 2.12 bits per heavy atom. The standard InChI is InChI=1S/C16H18ClF3N4OS/c1-15(2,3)22-14(25)12-11(17)13-21-8(9-5-4-6-26-9)7-10(16(18,19)20)24(13)23-12/h4-6,8,10,21H,7H2,1-3H3,(H,22,25)/t8-,10+/m0/s1. The van der Waals surface area contributed by atoms with Gasteiger partial charge in [0.15, 0.2) is 11.7 Å². The van der Waals surface area contributed by atoms with Crippen molar-refractivity contribution in [3.05, 3.63) is 33.1 Å². The summed E-state index contributed by atoms with van der Waals surface area (Å²) in [7, 11) is 0. The minimum absolute atomic E-state index is 0.0118. The molecule has 2 aromatic heterocycles. The number of rotatable bonds is 2. The largest absolute Gasteiger partial charge is 0.410 e. The van der Waals surface area contributed by atoms with Crippen LogP contribution in [0.4, 0.5) is 19.0 Å². The third-order valence-corrected chi connectivity index (χ3v) is 5.23. The Hall–Kier alpha value is -1.74. The Bertz CT molecular complexity index is 811. The van der Waals surface area contributed by atoms with Crippen molar-refractivity contribution in [1.82, 2.24) is 15.1 Å². The molecule has 0 aromatic carbocycles. The normalized spacial score (nSPS) is 20.4. The van der Waals surface area contributed by atoms with Gasteiger partial charge in [-0.05, 0) is 32.2 Å². The van der Waals surface area contributed by atoms with E-state index >= 15 is 0 Å². The van der Waals surface area contributed by atoms with E-state index < -0.39 is 29.7 Å². The number of aromatic nitrogens is 2. The van der Waals surface area contributed by atoms with E-state index in [1.54, 1.807) is 38.3 Å². The fourth-order valence-electron chi connectivity index (χ4n) is 2.81. The van der Waals surface area contributed by atoms with E-state index in [4.69, 9.17) is 11.6 Å². The highest BCUT2D eigenvalue weighted by atomic mass is 35.5. The second kappa shape index (κ2) is 6.45. The number of fused-ring (bicyclic) bond motifs is 1. The molecule has 3 rings (SSSR count). The third-order valence-electron chi connectivity index (χ3n) is 3.89. The van der Waals surface area contributed by atoms with Crippen LogP contribution in [0, 0.1) is 0 Å². The van der Waals surface area contributed by atoms with Crippen molar-refractivity contribution in [2.45, 2.75) is 51.0 Å². The molecular weight excluding hydrogens is 389 g/mol. The fraction of sp³-hybridized carbons (Fsp3) is 0.500. The Balaban J connectivity index is 2.03. The lowest BCUT2D eigenvalue weighted by atomic mass is 10.0. The number of anilines is 1. The molecule has 1 aliphatic heterocycles. The maximum atomic E-state index is 13.6. The highest BCUT2D eigenvalue weighted by molar-refractivity contribution is 7.10. The highest BCUT2D eigenvalue weighted by Crippen LogP contribution is 2.46. The van der Waals surface area contributed by atoms with Crippen LogP contribution in [-0.2, 0) is 0 Å². The SMILES string of the molecule is CC(C)(C)NC(=O)c1nn2c(c1Cl)N[C@H](c1cccs1)C[C@@H]2C(F)(F)F. The number of carbonyl (C=O) groups excluding carboxylic acids is 1. The van der Waals surface area contributed by atoms with Crippen LogP contribution >= 0.6 is 22.9 Å². The first-order valence-electron chi connectivity index (χ1n) is 7.94. The summed E-state index contributed by atoms with van der Waals surface area (Å²) in [5.74, 6) is -0.600. The van der Waals surface area contributed by atoms with Crippen LogP contribution in [0.2, 0.25) is 5.02 Å². The Kier molecular flexibility index (Phi) is 4.72. The zero-order valence-corrected chi connectivity index (χ0v) is 15.9. The van der Waals surface area contributed by atoms with Crippen LogP contribution in [0.1, 0.15) is 54.6 Å². The Morgan fingerprint density at radius 1 is 1.42 bits per heavy atom. The molecule has 0 spiro atoms. The van der Waals surface area contributed by atoms with Crippen molar-refractivity contribution in [1.29, 1.82) is 0 Å². The molecule has 1 amide bonds. The molecule has 0 saturated heterocycles. The number of hydrogen-bond acceptors (Lipinski definition) is 4. The summed E-state index contributed by atoms with van der Waals surface area (Å²) in [4.78, 5) is 13.2. The third kappa shape index (κ3) is 3.68. The lowest BCUT2D eigenvalue weighted by Gasteiger charge is -2.32. The zero-order chi connectivity index (χ0) is 19.3. The van der Waals surface area contributed by atoms with Crippen molar-refractivity contribution in [3.8, 4) is 0 Å². The molecule has 0 saturated carbocycles. The van der Waals surface area contributed by atoms with Crippen molar-refractivity contribution < 1.29 is 18.0 Å². The first-order chi connectivity index (χ1) is 12.0. The van der Waals surface area contributed by atoms with Gasteiger partial charge in [-0.3, -0.25) is 4.79 Å². The molecule has 0 aliphatic carbocycles. The molecule has 3 heterocycles. The molecule has 26 heavy (non-hydrogen) atoms. The van der Waals surface area contributed by atoms with Crippen LogP contribution in [0.15, 0.2) is 17.5 Å². The Morgan fingerprint density at radius 3 is 2.65 bits per heavy atom. The number of nitrogens with zero attached hydrogens (tertiary/aromatic N) is 2. The van der Waals surface area contributed by atoms with E-state index in [2.05, 4.69) is 15.7 Å². The molecule has 2 N–H and O–H groups in total. The molecule has 1 aliphatic rings. The van der Waals surface area contributed by atoms with Gasteiger partial charge in [0.1, 0.15) is 10.8 Å². The lowest BCUT2D eigenvalue weighted by Crippen LogP contribution is -2.41. The van der Waals surface area contributed by atoms with Gasteiger partial charge in [-0.1, -0.05) is 17.7 Å². The van der Waals surface area contributed by atoms with E-state index in [9.17, 15) is 18.0 Å². The molecule has 5 nitrogen and oxygen atoms in total. The van der Waals surface area contributed by atoms with Crippen LogP contribution in [-0.4, -0.2) is 27.4 Å². The minimum Gasteiger partial charge on any atom is -0.361 e. The summed E-state index contributed by atoms with van der Waals surface area (Å²) < 4.78 is 41.6. The average molecular weight is 407 g/mol. The van der Waals surface area contributed by atoms with Gasteiger partial charge in [-0.25, -0.2) is 4.68 Å². The topological polar surface area (TPSA) is 59.0 Å². The summed E-state index contributed by atoms with van der Waals surface area (Å²) >= 11 is 7.60. The highest BCUT2D eigenvalue weighted by Gasteiger charge is 2.48. The average Bonchev–Trinajstić information content (AvgIpc) is 3.12. The van der Waals surface area contributed by atoms with E-state index in [0.29, 0.717) is 0 Å². The maximum Gasteiger partial charge on any atom is 0.410 e. The van der Waals surface area contributed by atoms with E-state index in [0.717, 1.165) is 9.56 Å². The maximum absolute atomic E-state index is 13.6. The number of hydrogen-bond donors (Lipinski definition) is 2. The number of nitrogens with one attached hydrogen (secondary N) is 2. The predicted molar refractivity (Wildman–Crippen MR) is 94.8 cm³/mol. The first-order valence-corrected chi connectivity index (χ1v) is 9.20. The van der Waals surface area contributed by atoms with Crippen LogP contribution in [0.25, 0.3) is 0 Å². The van der Waals surface area contributed by atoms with Gasteiger partial charge in [-0.15, -0.1) is 11.3 Å². The summed E-state index contributed by atoms with van der Waals surface area (Å²) in [5, 5.41) is 11.3. The van der Waals surface area contributed by atoms with Gasteiger partial charge >= 0.3 is 6.18 Å². The molecular formula is C16H18ClF3N4OS. The van der Waals surface area contributed by atoms with Crippen molar-refractivity contribution in [2.24, 2.45) is 0 Å². The molecule has 0 radical (unpaired) electrons. The van der Waals surface area contributed by atoms with Gasteiger partial charge in [-0.2, -0.15) is 18.3 Å². The smallest absolute Gasteiger partial charge is 0.361 e. The molecule has 0 bridgehead atoms. The van der Waals surface area contributed by atoms with Gasteiger partial charge in [0.05, 0.1) is 6.04 Å². The summed E-state index contributed by atoms with van der Waals surface area (Å²) in [6.45, 7) is 5.29. The van der Waals surface area contributed by atoms with Gasteiger partial charge < -0.3 is 10.6 Å². The zero-order valence-electron chi connectivity index (χ0n) is 14.3.